The topological polar surface area (TPSA) is 83.0 Å². The number of hydrogen-bond donors (Lipinski definition) is 2. The molecule has 0 aliphatic rings. The molecule has 0 aliphatic carbocycles. The van der Waals surface area contributed by atoms with E-state index in [1.165, 1.54) is 4.31 Å². The highest BCUT2D eigenvalue weighted by Crippen LogP contribution is 2.12. The molecule has 0 radical (unpaired) electrons. The number of aliphatic imine (C=N–C) groups is 1. The maximum atomic E-state index is 12.1. The van der Waals surface area contributed by atoms with Crippen molar-refractivity contribution in [1.29, 1.82) is 0 Å². The molecular weight excluding hydrogens is 455 g/mol. The molecule has 1 rings (SSSR count). The molecule has 0 aromatic heterocycles. The second-order valence-electron chi connectivity index (χ2n) is 5.10. The van der Waals surface area contributed by atoms with Crippen molar-refractivity contribution in [3.05, 3.63) is 29.8 Å². The zero-order valence-corrected chi connectivity index (χ0v) is 18.4. The van der Waals surface area contributed by atoms with Gasteiger partial charge in [-0.1, -0.05) is 26.0 Å². The predicted octanol–water partition coefficient (Wildman–Crippen LogP) is 1.65. The summed E-state index contributed by atoms with van der Waals surface area (Å²) in [6, 6.07) is 7.72. The summed E-state index contributed by atoms with van der Waals surface area (Å²) in [5.41, 5.74) is 1.05. The van der Waals surface area contributed by atoms with Crippen LogP contribution >= 0.6 is 24.0 Å². The zero-order chi connectivity index (χ0) is 18.0. The van der Waals surface area contributed by atoms with E-state index in [1.54, 1.807) is 14.2 Å². The van der Waals surface area contributed by atoms with E-state index in [2.05, 4.69) is 15.6 Å². The van der Waals surface area contributed by atoms with E-state index in [0.717, 1.165) is 11.3 Å². The minimum atomic E-state index is -3.23. The lowest BCUT2D eigenvalue weighted by molar-refractivity contribution is 0.414. The number of ether oxygens (including phenoxy) is 1. The summed E-state index contributed by atoms with van der Waals surface area (Å²) in [5, 5.41) is 6.18. The third kappa shape index (κ3) is 8.23. The Morgan fingerprint density at radius 2 is 1.92 bits per heavy atom. The first kappa shape index (κ1) is 23.9. The van der Waals surface area contributed by atoms with Crippen molar-refractivity contribution in [3.8, 4) is 5.75 Å². The van der Waals surface area contributed by atoms with E-state index in [0.29, 0.717) is 32.1 Å². The van der Waals surface area contributed by atoms with Crippen LogP contribution in [-0.4, -0.2) is 58.2 Å². The van der Waals surface area contributed by atoms with E-state index in [4.69, 9.17) is 4.74 Å². The maximum Gasteiger partial charge on any atom is 0.215 e. The molecule has 0 spiro atoms. The average molecular weight is 484 g/mol. The average Bonchev–Trinajstić information content (AvgIpc) is 2.58. The van der Waals surface area contributed by atoms with Crippen LogP contribution in [0.25, 0.3) is 0 Å². The van der Waals surface area contributed by atoms with Gasteiger partial charge in [0.05, 0.1) is 12.9 Å². The lowest BCUT2D eigenvalue weighted by atomic mass is 10.2. The number of nitrogens with one attached hydrogen (secondary N) is 2. The summed E-state index contributed by atoms with van der Waals surface area (Å²) >= 11 is 0. The monoisotopic (exact) mass is 484 g/mol. The largest absolute Gasteiger partial charge is 0.497 e. The second kappa shape index (κ2) is 12.3. The van der Waals surface area contributed by atoms with E-state index in [-0.39, 0.29) is 29.7 Å². The summed E-state index contributed by atoms with van der Waals surface area (Å²) in [6.45, 7) is 5.52. The van der Waals surface area contributed by atoms with E-state index >= 15 is 0 Å². The third-order valence-corrected chi connectivity index (χ3v) is 5.59. The van der Waals surface area contributed by atoms with Crippen molar-refractivity contribution in [1.82, 2.24) is 14.9 Å². The maximum absolute atomic E-state index is 12.1. The number of hydrogen-bond acceptors (Lipinski definition) is 4. The van der Waals surface area contributed by atoms with E-state index in [1.807, 2.05) is 38.1 Å². The van der Waals surface area contributed by atoms with Crippen LogP contribution in [0.1, 0.15) is 19.4 Å². The Labute approximate surface area is 168 Å². The van der Waals surface area contributed by atoms with Crippen LogP contribution < -0.4 is 15.4 Å². The molecule has 2 N–H and O–H groups in total. The Kier molecular flexibility index (Phi) is 11.8. The fourth-order valence-corrected chi connectivity index (χ4v) is 3.64. The van der Waals surface area contributed by atoms with Gasteiger partial charge in [-0.3, -0.25) is 4.99 Å². The van der Waals surface area contributed by atoms with E-state index in [9.17, 15) is 8.42 Å². The number of methoxy groups -OCH3 is 1. The Morgan fingerprint density at radius 1 is 1.24 bits per heavy atom. The van der Waals surface area contributed by atoms with Crippen LogP contribution in [0.15, 0.2) is 29.3 Å². The lowest BCUT2D eigenvalue weighted by Gasteiger charge is -2.19. The fourth-order valence-electron chi connectivity index (χ4n) is 2.23. The van der Waals surface area contributed by atoms with Crippen molar-refractivity contribution >= 4 is 40.0 Å². The van der Waals surface area contributed by atoms with Gasteiger partial charge in [-0.2, -0.15) is 0 Å². The third-order valence-electron chi connectivity index (χ3n) is 3.57. The molecular formula is C16H29IN4O3S. The van der Waals surface area contributed by atoms with Gasteiger partial charge in [-0.05, 0) is 17.7 Å². The standard InChI is InChI=1S/C16H28N4O3S.HI/c1-5-20(6-2)24(21,22)11-10-18-16(17-3)19-13-14-8-7-9-15(12-14)23-4;/h7-9,12H,5-6,10-11,13H2,1-4H3,(H2,17,18,19);1H. The number of guanidine groups is 1. The smallest absolute Gasteiger partial charge is 0.215 e. The molecule has 0 saturated carbocycles. The van der Waals surface area contributed by atoms with Gasteiger partial charge in [0.15, 0.2) is 5.96 Å². The molecule has 0 saturated heterocycles. The van der Waals surface area contributed by atoms with Crippen molar-refractivity contribution < 1.29 is 13.2 Å². The zero-order valence-electron chi connectivity index (χ0n) is 15.3. The summed E-state index contributed by atoms with van der Waals surface area (Å²) in [6.07, 6.45) is 0. The van der Waals surface area contributed by atoms with Crippen molar-refractivity contribution in [2.24, 2.45) is 4.99 Å². The first-order valence-electron chi connectivity index (χ1n) is 8.02. The molecule has 1 aromatic carbocycles. The van der Waals surface area contributed by atoms with Gasteiger partial charge in [0.1, 0.15) is 5.75 Å². The second-order valence-corrected chi connectivity index (χ2v) is 7.19. The molecule has 0 bridgehead atoms. The molecule has 9 heteroatoms. The van der Waals surface area contributed by atoms with Crippen LogP contribution in [0, 0.1) is 0 Å². The van der Waals surface area contributed by atoms with Gasteiger partial charge in [0.2, 0.25) is 10.0 Å². The highest BCUT2D eigenvalue weighted by Gasteiger charge is 2.18. The van der Waals surface area contributed by atoms with Gasteiger partial charge in [-0.25, -0.2) is 12.7 Å². The number of benzene rings is 1. The predicted molar refractivity (Wildman–Crippen MR) is 113 cm³/mol. The molecule has 0 aliphatic heterocycles. The van der Waals surface area contributed by atoms with Gasteiger partial charge >= 0.3 is 0 Å². The van der Waals surface area contributed by atoms with Gasteiger partial charge < -0.3 is 15.4 Å². The van der Waals surface area contributed by atoms with Gasteiger partial charge in [0.25, 0.3) is 0 Å². The number of rotatable bonds is 9. The van der Waals surface area contributed by atoms with E-state index < -0.39 is 10.0 Å². The molecule has 0 fully saturated rings. The number of nitrogens with zero attached hydrogens (tertiary/aromatic N) is 2. The molecule has 25 heavy (non-hydrogen) atoms. The Balaban J connectivity index is 0.00000576. The molecule has 0 amide bonds. The summed E-state index contributed by atoms with van der Waals surface area (Å²) in [4.78, 5) is 4.11. The Hall–Kier alpha value is -1.07. The highest BCUT2D eigenvalue weighted by atomic mass is 127. The first-order chi connectivity index (χ1) is 11.5. The normalized spacial score (nSPS) is 11.8. The van der Waals surface area contributed by atoms with Gasteiger partial charge in [-0.15, -0.1) is 24.0 Å². The van der Waals surface area contributed by atoms with Gasteiger partial charge in [0, 0.05) is 33.2 Å². The van der Waals surface area contributed by atoms with Crippen LogP contribution in [0.5, 0.6) is 5.75 Å². The van der Waals surface area contributed by atoms with Crippen molar-refractivity contribution in [2.45, 2.75) is 20.4 Å². The lowest BCUT2D eigenvalue weighted by Crippen LogP contribution is -2.41. The van der Waals surface area contributed by atoms with Crippen LogP contribution in [0.3, 0.4) is 0 Å². The molecule has 1 aromatic rings. The number of halogens is 1. The SMILES string of the molecule is CCN(CC)S(=O)(=O)CCNC(=NC)NCc1cccc(OC)c1.I. The number of sulfonamides is 1. The molecule has 0 unspecified atom stereocenters. The molecule has 0 heterocycles. The van der Waals surface area contributed by atoms with Crippen LogP contribution in [0.4, 0.5) is 0 Å². The highest BCUT2D eigenvalue weighted by molar-refractivity contribution is 14.0. The van der Waals surface area contributed by atoms with Crippen molar-refractivity contribution in [2.75, 3.05) is 39.5 Å². The summed E-state index contributed by atoms with van der Waals surface area (Å²) < 4.78 is 30.9. The minimum absolute atomic E-state index is 0. The quantitative estimate of drug-likeness (QED) is 0.317. The summed E-state index contributed by atoms with van der Waals surface area (Å²) in [7, 11) is 0.0499. The summed E-state index contributed by atoms with van der Waals surface area (Å²) in [5.74, 6) is 1.39. The fraction of sp³-hybridized carbons (Fsp3) is 0.562. The minimum Gasteiger partial charge on any atom is -0.497 e. The molecule has 0 atom stereocenters. The Bertz CT molecular complexity index is 634. The first-order valence-corrected chi connectivity index (χ1v) is 9.63. The van der Waals surface area contributed by atoms with Crippen molar-refractivity contribution in [3.63, 3.8) is 0 Å². The van der Waals surface area contributed by atoms with Crippen LogP contribution in [0.2, 0.25) is 0 Å². The molecule has 7 nitrogen and oxygen atoms in total. The van der Waals surface area contributed by atoms with Crippen LogP contribution in [-0.2, 0) is 16.6 Å². The molecule has 144 valence electrons. The Morgan fingerprint density at radius 3 is 2.48 bits per heavy atom.